The molecule has 3 N–H and O–H groups in total. The SMILES string of the molecule is CCCCC(COC)NC(=O)C1(N)CC1. The third-order valence-electron chi connectivity index (χ3n) is 2.85. The first-order valence-electron chi connectivity index (χ1n) is 5.71. The van der Waals surface area contributed by atoms with E-state index in [-0.39, 0.29) is 11.9 Å². The zero-order valence-electron chi connectivity index (χ0n) is 9.71. The Balaban J connectivity index is 2.32. The summed E-state index contributed by atoms with van der Waals surface area (Å²) in [6, 6.07) is 0.114. The summed E-state index contributed by atoms with van der Waals surface area (Å²) >= 11 is 0. The highest BCUT2D eigenvalue weighted by Crippen LogP contribution is 2.32. The van der Waals surface area contributed by atoms with Crippen molar-refractivity contribution in [2.75, 3.05) is 13.7 Å². The lowest BCUT2D eigenvalue weighted by Crippen LogP contribution is -2.48. The molecule has 1 unspecified atom stereocenters. The van der Waals surface area contributed by atoms with Gasteiger partial charge < -0.3 is 15.8 Å². The van der Waals surface area contributed by atoms with Crippen LogP contribution in [0.3, 0.4) is 0 Å². The van der Waals surface area contributed by atoms with Crippen molar-refractivity contribution in [2.45, 2.75) is 50.6 Å². The summed E-state index contributed by atoms with van der Waals surface area (Å²) in [6.45, 7) is 2.71. The summed E-state index contributed by atoms with van der Waals surface area (Å²) in [7, 11) is 1.65. The van der Waals surface area contributed by atoms with E-state index in [1.54, 1.807) is 7.11 Å². The lowest BCUT2D eigenvalue weighted by atomic mass is 10.1. The smallest absolute Gasteiger partial charge is 0.240 e. The number of hydrogen-bond donors (Lipinski definition) is 2. The molecule has 15 heavy (non-hydrogen) atoms. The van der Waals surface area contributed by atoms with Crippen molar-refractivity contribution in [3.63, 3.8) is 0 Å². The van der Waals surface area contributed by atoms with Gasteiger partial charge in [-0.1, -0.05) is 19.8 Å². The van der Waals surface area contributed by atoms with Crippen LogP contribution in [0, 0.1) is 0 Å². The van der Waals surface area contributed by atoms with Gasteiger partial charge in [-0.15, -0.1) is 0 Å². The molecule has 1 aliphatic rings. The van der Waals surface area contributed by atoms with Gasteiger partial charge in [0, 0.05) is 7.11 Å². The molecule has 0 heterocycles. The maximum absolute atomic E-state index is 11.7. The molecule has 1 amide bonds. The van der Waals surface area contributed by atoms with Crippen LogP contribution in [0.15, 0.2) is 0 Å². The highest BCUT2D eigenvalue weighted by molar-refractivity contribution is 5.89. The Bertz CT molecular complexity index is 215. The van der Waals surface area contributed by atoms with Crippen molar-refractivity contribution in [1.29, 1.82) is 0 Å². The van der Waals surface area contributed by atoms with Crippen molar-refractivity contribution in [3.8, 4) is 0 Å². The Morgan fingerprint density at radius 2 is 2.27 bits per heavy atom. The van der Waals surface area contributed by atoms with Crippen molar-refractivity contribution in [1.82, 2.24) is 5.32 Å². The van der Waals surface area contributed by atoms with Gasteiger partial charge in [-0.3, -0.25) is 4.79 Å². The second-order valence-electron chi connectivity index (χ2n) is 4.42. The topological polar surface area (TPSA) is 64.3 Å². The molecule has 1 fully saturated rings. The van der Waals surface area contributed by atoms with Gasteiger partial charge in [-0.05, 0) is 19.3 Å². The molecule has 0 aromatic carbocycles. The number of ether oxygens (including phenoxy) is 1. The van der Waals surface area contributed by atoms with E-state index in [1.807, 2.05) is 0 Å². The fraction of sp³-hybridized carbons (Fsp3) is 0.909. The molecule has 0 saturated heterocycles. The Morgan fingerprint density at radius 1 is 1.60 bits per heavy atom. The molecule has 1 atom stereocenters. The van der Waals surface area contributed by atoms with Crippen molar-refractivity contribution in [3.05, 3.63) is 0 Å². The summed E-state index contributed by atoms with van der Waals surface area (Å²) in [6.07, 6.45) is 4.82. The number of carbonyl (C=O) groups is 1. The van der Waals surface area contributed by atoms with Crippen LogP contribution in [0.2, 0.25) is 0 Å². The van der Waals surface area contributed by atoms with Gasteiger partial charge in [-0.2, -0.15) is 0 Å². The van der Waals surface area contributed by atoms with Crippen LogP contribution in [0.25, 0.3) is 0 Å². The van der Waals surface area contributed by atoms with E-state index in [4.69, 9.17) is 10.5 Å². The number of unbranched alkanes of at least 4 members (excludes halogenated alkanes) is 1. The normalized spacial score (nSPS) is 19.7. The van der Waals surface area contributed by atoms with E-state index < -0.39 is 5.54 Å². The molecule has 1 saturated carbocycles. The second-order valence-corrected chi connectivity index (χ2v) is 4.42. The molecule has 1 rings (SSSR count). The fourth-order valence-electron chi connectivity index (χ4n) is 1.54. The number of methoxy groups -OCH3 is 1. The molecule has 0 aliphatic heterocycles. The predicted molar refractivity (Wildman–Crippen MR) is 59.5 cm³/mol. The largest absolute Gasteiger partial charge is 0.383 e. The van der Waals surface area contributed by atoms with Gasteiger partial charge in [0.05, 0.1) is 18.2 Å². The first-order chi connectivity index (χ1) is 7.12. The molecule has 0 radical (unpaired) electrons. The zero-order valence-corrected chi connectivity index (χ0v) is 9.71. The summed E-state index contributed by atoms with van der Waals surface area (Å²) in [5.41, 5.74) is 5.24. The van der Waals surface area contributed by atoms with Crippen LogP contribution in [-0.2, 0) is 9.53 Å². The van der Waals surface area contributed by atoms with Gasteiger partial charge in [0.25, 0.3) is 0 Å². The number of rotatable bonds is 7. The number of hydrogen-bond acceptors (Lipinski definition) is 3. The Hall–Kier alpha value is -0.610. The Morgan fingerprint density at radius 3 is 2.73 bits per heavy atom. The Kier molecular flexibility index (Phi) is 4.54. The minimum atomic E-state index is -0.571. The molecule has 4 heteroatoms. The van der Waals surface area contributed by atoms with Gasteiger partial charge in [0.15, 0.2) is 0 Å². The predicted octanol–water partition coefficient (Wildman–Crippen LogP) is 0.799. The number of nitrogens with one attached hydrogen (secondary N) is 1. The minimum Gasteiger partial charge on any atom is -0.383 e. The maximum Gasteiger partial charge on any atom is 0.240 e. The van der Waals surface area contributed by atoms with Crippen molar-refractivity contribution >= 4 is 5.91 Å². The van der Waals surface area contributed by atoms with E-state index in [9.17, 15) is 4.79 Å². The standard InChI is InChI=1S/C11H22N2O2/c1-3-4-5-9(8-15-2)13-10(14)11(12)6-7-11/h9H,3-8,12H2,1-2H3,(H,13,14). The molecule has 88 valence electrons. The molecule has 0 spiro atoms. The average molecular weight is 214 g/mol. The number of nitrogens with two attached hydrogens (primary N) is 1. The van der Waals surface area contributed by atoms with Crippen molar-refractivity contribution < 1.29 is 9.53 Å². The molecule has 0 aromatic heterocycles. The minimum absolute atomic E-state index is 0.0133. The molecular formula is C11H22N2O2. The van der Waals surface area contributed by atoms with Crippen molar-refractivity contribution in [2.24, 2.45) is 5.73 Å². The van der Waals surface area contributed by atoms with Crippen LogP contribution in [0.4, 0.5) is 0 Å². The van der Waals surface area contributed by atoms with Crippen LogP contribution >= 0.6 is 0 Å². The van der Waals surface area contributed by atoms with Crippen LogP contribution in [0.1, 0.15) is 39.0 Å². The van der Waals surface area contributed by atoms with Gasteiger partial charge in [0.1, 0.15) is 0 Å². The lowest BCUT2D eigenvalue weighted by molar-refractivity contribution is -0.124. The quantitative estimate of drug-likeness (QED) is 0.659. The lowest BCUT2D eigenvalue weighted by Gasteiger charge is -2.19. The summed E-state index contributed by atoms with van der Waals surface area (Å²) in [5.74, 6) is -0.0133. The molecular weight excluding hydrogens is 192 g/mol. The van der Waals surface area contributed by atoms with E-state index in [1.165, 1.54) is 0 Å². The first-order valence-corrected chi connectivity index (χ1v) is 5.71. The molecule has 1 aliphatic carbocycles. The van der Waals surface area contributed by atoms with E-state index in [0.29, 0.717) is 6.61 Å². The summed E-state index contributed by atoms with van der Waals surface area (Å²) in [5, 5.41) is 2.97. The number of amides is 1. The van der Waals surface area contributed by atoms with Crippen LogP contribution in [-0.4, -0.2) is 31.2 Å². The maximum atomic E-state index is 11.7. The van der Waals surface area contributed by atoms with Gasteiger partial charge >= 0.3 is 0 Å². The highest BCUT2D eigenvalue weighted by Gasteiger charge is 2.46. The Labute approximate surface area is 91.5 Å². The van der Waals surface area contributed by atoms with E-state index >= 15 is 0 Å². The van der Waals surface area contributed by atoms with E-state index in [0.717, 1.165) is 32.1 Å². The third kappa shape index (κ3) is 3.80. The first kappa shape index (κ1) is 12.5. The van der Waals surface area contributed by atoms with Crippen LogP contribution in [0.5, 0.6) is 0 Å². The summed E-state index contributed by atoms with van der Waals surface area (Å²) < 4.78 is 5.08. The average Bonchev–Trinajstić information content (AvgIpc) is 2.94. The molecule has 0 aromatic rings. The third-order valence-corrected chi connectivity index (χ3v) is 2.85. The van der Waals surface area contributed by atoms with E-state index in [2.05, 4.69) is 12.2 Å². The molecule has 0 bridgehead atoms. The fourth-order valence-corrected chi connectivity index (χ4v) is 1.54. The second kappa shape index (κ2) is 5.47. The highest BCUT2D eigenvalue weighted by atomic mass is 16.5. The molecule has 4 nitrogen and oxygen atoms in total. The summed E-state index contributed by atoms with van der Waals surface area (Å²) in [4.78, 5) is 11.7. The monoisotopic (exact) mass is 214 g/mol. The number of carbonyl (C=O) groups excluding carboxylic acids is 1. The van der Waals surface area contributed by atoms with Gasteiger partial charge in [0.2, 0.25) is 5.91 Å². The van der Waals surface area contributed by atoms with Crippen LogP contribution < -0.4 is 11.1 Å². The van der Waals surface area contributed by atoms with Gasteiger partial charge in [-0.25, -0.2) is 0 Å². The zero-order chi connectivity index (χ0) is 11.3.